The fourth-order valence-electron chi connectivity index (χ4n) is 4.25. The first kappa shape index (κ1) is 19.6. The maximum atomic E-state index is 5.94. The van der Waals surface area contributed by atoms with Crippen molar-refractivity contribution in [3.63, 3.8) is 0 Å². The van der Waals surface area contributed by atoms with Gasteiger partial charge in [-0.3, -0.25) is 4.99 Å². The minimum absolute atomic E-state index is 0.267. The first-order valence-electron chi connectivity index (χ1n) is 9.53. The molecule has 1 aromatic rings. The van der Waals surface area contributed by atoms with E-state index in [9.17, 15) is 0 Å². The molecule has 150 valence electrons. The summed E-state index contributed by atoms with van der Waals surface area (Å²) in [6, 6.07) is 4.13. The first-order valence-corrected chi connectivity index (χ1v) is 9.53. The van der Waals surface area contributed by atoms with Crippen molar-refractivity contribution in [1.82, 2.24) is 5.32 Å². The van der Waals surface area contributed by atoms with Gasteiger partial charge in [0.2, 0.25) is 5.75 Å². The van der Waals surface area contributed by atoms with E-state index >= 15 is 0 Å². The maximum absolute atomic E-state index is 5.94. The summed E-state index contributed by atoms with van der Waals surface area (Å²) >= 11 is 0. The van der Waals surface area contributed by atoms with Gasteiger partial charge in [-0.15, -0.1) is 0 Å². The van der Waals surface area contributed by atoms with Gasteiger partial charge in [0.1, 0.15) is 0 Å². The van der Waals surface area contributed by atoms with Gasteiger partial charge < -0.3 is 29.6 Å². The monoisotopic (exact) mass is 377 g/mol. The number of nitrogens with zero attached hydrogens (tertiary/aromatic N) is 1. The average Bonchev–Trinajstić information content (AvgIpc) is 2.63. The fraction of sp³-hybridized carbons (Fsp3) is 0.650. The predicted molar refractivity (Wildman–Crippen MR) is 106 cm³/mol. The van der Waals surface area contributed by atoms with Crippen LogP contribution in [0, 0.1) is 5.41 Å². The number of rotatable bonds is 7. The van der Waals surface area contributed by atoms with Crippen molar-refractivity contribution < 1.29 is 18.9 Å². The molecule has 0 amide bonds. The highest BCUT2D eigenvalue weighted by Crippen LogP contribution is 2.57. The van der Waals surface area contributed by atoms with Crippen LogP contribution < -0.4 is 24.8 Å². The molecule has 2 aliphatic rings. The molecule has 3 rings (SSSR count). The van der Waals surface area contributed by atoms with Crippen molar-refractivity contribution in [2.24, 2.45) is 10.4 Å². The SMILES string of the molecule is CCOC1CC(NC(=NC)Nc2cc(OC)c(OC)c(OC)c2)C12CCC2. The van der Waals surface area contributed by atoms with Gasteiger partial charge in [-0.05, 0) is 26.2 Å². The van der Waals surface area contributed by atoms with Gasteiger partial charge in [0.25, 0.3) is 0 Å². The number of hydrogen-bond acceptors (Lipinski definition) is 5. The highest BCUT2D eigenvalue weighted by Gasteiger charge is 2.59. The van der Waals surface area contributed by atoms with Crippen LogP contribution in [0.1, 0.15) is 32.6 Å². The van der Waals surface area contributed by atoms with Crippen LogP contribution in [0.2, 0.25) is 0 Å². The second-order valence-corrected chi connectivity index (χ2v) is 7.07. The van der Waals surface area contributed by atoms with Crippen molar-refractivity contribution in [2.75, 3.05) is 40.3 Å². The summed E-state index contributed by atoms with van der Waals surface area (Å²) in [5, 5.41) is 6.93. The summed E-state index contributed by atoms with van der Waals surface area (Å²) in [7, 11) is 6.59. The van der Waals surface area contributed by atoms with Crippen LogP contribution in [0.15, 0.2) is 17.1 Å². The molecule has 0 bridgehead atoms. The molecule has 0 aliphatic heterocycles. The van der Waals surface area contributed by atoms with Crippen molar-refractivity contribution >= 4 is 11.6 Å². The minimum Gasteiger partial charge on any atom is -0.493 e. The van der Waals surface area contributed by atoms with Gasteiger partial charge in [-0.25, -0.2) is 0 Å². The minimum atomic E-state index is 0.267. The molecule has 0 radical (unpaired) electrons. The quantitative estimate of drug-likeness (QED) is 0.562. The first-order chi connectivity index (χ1) is 13.1. The van der Waals surface area contributed by atoms with E-state index in [1.54, 1.807) is 28.4 Å². The van der Waals surface area contributed by atoms with Crippen LogP contribution in [-0.4, -0.2) is 53.1 Å². The summed E-state index contributed by atoms with van der Waals surface area (Å²) in [6.45, 7) is 2.84. The molecular formula is C20H31N3O4. The van der Waals surface area contributed by atoms with Crippen LogP contribution in [-0.2, 0) is 4.74 Å². The van der Waals surface area contributed by atoms with Crippen LogP contribution in [0.4, 0.5) is 5.69 Å². The molecule has 2 N–H and O–H groups in total. The molecule has 0 saturated heterocycles. The largest absolute Gasteiger partial charge is 0.493 e. The summed E-state index contributed by atoms with van der Waals surface area (Å²) in [6.07, 6.45) is 5.10. The third-order valence-corrected chi connectivity index (χ3v) is 5.90. The molecule has 2 saturated carbocycles. The number of benzene rings is 1. The third-order valence-electron chi connectivity index (χ3n) is 5.90. The van der Waals surface area contributed by atoms with Gasteiger partial charge in [0.05, 0.1) is 27.4 Å². The molecule has 0 heterocycles. The summed E-state index contributed by atoms with van der Waals surface area (Å²) < 4.78 is 22.2. The molecule has 0 aromatic heterocycles. The predicted octanol–water partition coefficient (Wildman–Crippen LogP) is 3.05. The van der Waals surface area contributed by atoms with Crippen LogP contribution >= 0.6 is 0 Å². The molecule has 2 unspecified atom stereocenters. The van der Waals surface area contributed by atoms with Crippen molar-refractivity contribution in [3.05, 3.63) is 12.1 Å². The van der Waals surface area contributed by atoms with Gasteiger partial charge in [0.15, 0.2) is 17.5 Å². The Morgan fingerprint density at radius 3 is 2.26 bits per heavy atom. The number of nitrogens with one attached hydrogen (secondary N) is 2. The van der Waals surface area contributed by atoms with E-state index in [-0.39, 0.29) is 5.41 Å². The van der Waals surface area contributed by atoms with Crippen molar-refractivity contribution in [2.45, 2.75) is 44.8 Å². The molecule has 2 aliphatic carbocycles. The smallest absolute Gasteiger partial charge is 0.203 e. The second kappa shape index (κ2) is 8.25. The van der Waals surface area contributed by atoms with Crippen LogP contribution in [0.25, 0.3) is 0 Å². The lowest BCUT2D eigenvalue weighted by atomic mass is 9.51. The van der Waals surface area contributed by atoms with Crippen LogP contribution in [0.3, 0.4) is 0 Å². The van der Waals surface area contributed by atoms with Gasteiger partial charge in [-0.1, -0.05) is 6.42 Å². The van der Waals surface area contributed by atoms with E-state index < -0.39 is 0 Å². The fourth-order valence-corrected chi connectivity index (χ4v) is 4.25. The zero-order valence-corrected chi connectivity index (χ0v) is 16.9. The topological polar surface area (TPSA) is 73.3 Å². The molecule has 1 aromatic carbocycles. The lowest BCUT2D eigenvalue weighted by Gasteiger charge is -2.61. The number of methoxy groups -OCH3 is 3. The number of anilines is 1. The lowest BCUT2D eigenvalue weighted by Crippen LogP contribution is -2.68. The lowest BCUT2D eigenvalue weighted by molar-refractivity contribution is -0.168. The number of ether oxygens (including phenoxy) is 4. The van der Waals surface area contributed by atoms with Crippen LogP contribution in [0.5, 0.6) is 17.2 Å². The number of guanidine groups is 1. The van der Waals surface area contributed by atoms with Crippen molar-refractivity contribution in [1.29, 1.82) is 0 Å². The Bertz CT molecular complexity index is 663. The maximum Gasteiger partial charge on any atom is 0.203 e. The van der Waals surface area contributed by atoms with E-state index in [1.807, 2.05) is 12.1 Å². The van der Waals surface area contributed by atoms with E-state index in [4.69, 9.17) is 18.9 Å². The summed E-state index contributed by atoms with van der Waals surface area (Å²) in [4.78, 5) is 4.39. The standard InChI is InChI=1S/C20H31N3O4/c1-6-27-17-12-16(20(17)8-7-9-20)23-19(21-2)22-13-10-14(24-3)18(26-5)15(11-13)25-4/h10-11,16-17H,6-9,12H2,1-5H3,(H2,21,22,23). The molecular weight excluding hydrogens is 346 g/mol. The Kier molecular flexibility index (Phi) is 5.99. The normalized spacial score (nSPS) is 23.2. The van der Waals surface area contributed by atoms with Gasteiger partial charge >= 0.3 is 0 Å². The molecule has 2 atom stereocenters. The second-order valence-electron chi connectivity index (χ2n) is 7.07. The summed E-state index contributed by atoms with van der Waals surface area (Å²) in [5.41, 5.74) is 1.09. The molecule has 2 fully saturated rings. The van der Waals surface area contributed by atoms with Gasteiger partial charge in [-0.2, -0.15) is 0 Å². The number of aliphatic imine (C=N–C) groups is 1. The molecule has 27 heavy (non-hydrogen) atoms. The average molecular weight is 377 g/mol. The Labute approximate surface area is 161 Å². The Morgan fingerprint density at radius 1 is 1.15 bits per heavy atom. The van der Waals surface area contributed by atoms with E-state index in [1.165, 1.54) is 19.3 Å². The third kappa shape index (κ3) is 3.52. The van der Waals surface area contributed by atoms with E-state index in [0.717, 1.165) is 24.7 Å². The Hall–Kier alpha value is -2.15. The molecule has 7 heteroatoms. The Balaban J connectivity index is 1.71. The van der Waals surface area contributed by atoms with E-state index in [0.29, 0.717) is 29.4 Å². The molecule has 7 nitrogen and oxygen atoms in total. The summed E-state index contributed by atoms with van der Waals surface area (Å²) in [5.74, 6) is 2.51. The highest BCUT2D eigenvalue weighted by molar-refractivity contribution is 5.94. The molecule has 1 spiro atoms. The van der Waals surface area contributed by atoms with Crippen molar-refractivity contribution in [3.8, 4) is 17.2 Å². The van der Waals surface area contributed by atoms with Gasteiger partial charge in [0, 0.05) is 42.9 Å². The number of hydrogen-bond donors (Lipinski definition) is 2. The van der Waals surface area contributed by atoms with E-state index in [2.05, 4.69) is 22.5 Å². The zero-order valence-electron chi connectivity index (χ0n) is 16.9. The Morgan fingerprint density at radius 2 is 1.81 bits per heavy atom. The highest BCUT2D eigenvalue weighted by atomic mass is 16.5. The zero-order chi connectivity index (χ0) is 19.4.